The number of pyridine rings is 1. The first-order valence-electron chi connectivity index (χ1n) is 3.77. The maximum Gasteiger partial charge on any atom is 0.250 e. The lowest BCUT2D eigenvalue weighted by molar-refractivity contribution is -0.729. The zero-order valence-corrected chi connectivity index (χ0v) is 7.61. The molecule has 0 aliphatic carbocycles. The SMILES string of the molecule is OC[n+]1ccc(-c2ncns2)cc1. The number of hydrogen-bond acceptors (Lipinski definition) is 4. The van der Waals surface area contributed by atoms with Crippen molar-refractivity contribution in [1.82, 2.24) is 9.36 Å². The van der Waals surface area contributed by atoms with Gasteiger partial charge in [0.2, 0.25) is 6.73 Å². The van der Waals surface area contributed by atoms with Gasteiger partial charge in [0.15, 0.2) is 12.4 Å². The van der Waals surface area contributed by atoms with Crippen molar-refractivity contribution in [1.29, 1.82) is 0 Å². The van der Waals surface area contributed by atoms with Crippen LogP contribution in [0.25, 0.3) is 10.6 Å². The van der Waals surface area contributed by atoms with Crippen LogP contribution >= 0.6 is 11.5 Å². The molecule has 0 aliphatic heterocycles. The molecule has 0 unspecified atom stereocenters. The third kappa shape index (κ3) is 1.71. The number of aliphatic hydroxyl groups is 1. The number of aromatic nitrogens is 3. The average Bonchev–Trinajstić information content (AvgIpc) is 2.71. The van der Waals surface area contributed by atoms with E-state index in [1.54, 1.807) is 17.0 Å². The van der Waals surface area contributed by atoms with Gasteiger partial charge >= 0.3 is 0 Å². The molecule has 1 N–H and O–H groups in total. The van der Waals surface area contributed by atoms with Gasteiger partial charge in [-0.25, -0.2) is 4.98 Å². The predicted octanol–water partition coefficient (Wildman–Crippen LogP) is 0.442. The highest BCUT2D eigenvalue weighted by Crippen LogP contribution is 2.17. The lowest BCUT2D eigenvalue weighted by atomic mass is 10.3. The van der Waals surface area contributed by atoms with Gasteiger partial charge in [0, 0.05) is 17.7 Å². The molecular formula is C8H8N3OS+. The highest BCUT2D eigenvalue weighted by Gasteiger charge is 2.03. The van der Waals surface area contributed by atoms with Crippen LogP contribution < -0.4 is 4.57 Å². The van der Waals surface area contributed by atoms with Crippen LogP contribution in [0.1, 0.15) is 0 Å². The van der Waals surface area contributed by atoms with E-state index in [4.69, 9.17) is 5.11 Å². The normalized spacial score (nSPS) is 10.2. The summed E-state index contributed by atoms with van der Waals surface area (Å²) in [6.45, 7) is -0.00357. The molecule has 0 saturated carbocycles. The Balaban J connectivity index is 2.33. The second kappa shape index (κ2) is 3.59. The quantitative estimate of drug-likeness (QED) is 0.706. The minimum atomic E-state index is -0.00357. The van der Waals surface area contributed by atoms with Crippen molar-refractivity contribution in [2.45, 2.75) is 6.73 Å². The van der Waals surface area contributed by atoms with E-state index in [2.05, 4.69) is 9.36 Å². The first kappa shape index (κ1) is 8.28. The summed E-state index contributed by atoms with van der Waals surface area (Å²) in [7, 11) is 0. The summed E-state index contributed by atoms with van der Waals surface area (Å²) in [5.74, 6) is 0. The van der Waals surface area contributed by atoms with Crippen molar-refractivity contribution in [2.24, 2.45) is 0 Å². The van der Waals surface area contributed by atoms with E-state index in [1.165, 1.54) is 17.9 Å². The van der Waals surface area contributed by atoms with Crippen LogP contribution in [0.2, 0.25) is 0 Å². The molecule has 0 fully saturated rings. The zero-order valence-electron chi connectivity index (χ0n) is 6.79. The van der Waals surface area contributed by atoms with Crippen LogP contribution in [0.3, 0.4) is 0 Å². The topological polar surface area (TPSA) is 49.9 Å². The first-order valence-corrected chi connectivity index (χ1v) is 4.54. The van der Waals surface area contributed by atoms with E-state index in [0.717, 1.165) is 10.6 Å². The monoisotopic (exact) mass is 194 g/mol. The molecule has 4 nitrogen and oxygen atoms in total. The molecule has 0 atom stereocenters. The van der Waals surface area contributed by atoms with Gasteiger partial charge in [-0.2, -0.15) is 8.94 Å². The standard InChI is InChI=1S/C8H8N3OS/c12-6-11-3-1-7(2-4-11)8-9-5-10-13-8/h1-5,12H,6H2/q+1. The summed E-state index contributed by atoms with van der Waals surface area (Å²) in [5.41, 5.74) is 1.02. The number of hydrogen-bond donors (Lipinski definition) is 1. The van der Waals surface area contributed by atoms with E-state index >= 15 is 0 Å². The van der Waals surface area contributed by atoms with Crippen molar-refractivity contribution in [3.05, 3.63) is 30.9 Å². The minimum Gasteiger partial charge on any atom is -0.339 e. The molecule has 2 heterocycles. The Morgan fingerprint density at radius 1 is 1.38 bits per heavy atom. The molecule has 5 heteroatoms. The van der Waals surface area contributed by atoms with Crippen molar-refractivity contribution < 1.29 is 9.67 Å². The molecule has 13 heavy (non-hydrogen) atoms. The van der Waals surface area contributed by atoms with Gasteiger partial charge < -0.3 is 5.11 Å². The molecule has 0 aromatic carbocycles. The fraction of sp³-hybridized carbons (Fsp3) is 0.125. The molecule has 66 valence electrons. The molecule has 0 amide bonds. The van der Waals surface area contributed by atoms with E-state index in [1.807, 2.05) is 12.1 Å². The molecule has 0 spiro atoms. The second-order valence-corrected chi connectivity index (χ2v) is 3.27. The summed E-state index contributed by atoms with van der Waals surface area (Å²) in [6, 6.07) is 3.80. The molecule has 0 aliphatic rings. The lowest BCUT2D eigenvalue weighted by Gasteiger charge is -1.92. The molecular weight excluding hydrogens is 186 g/mol. The average molecular weight is 194 g/mol. The summed E-state index contributed by atoms with van der Waals surface area (Å²) >= 11 is 1.36. The predicted molar refractivity (Wildman–Crippen MR) is 47.8 cm³/mol. The lowest BCUT2D eigenvalue weighted by Crippen LogP contribution is -2.31. The van der Waals surface area contributed by atoms with E-state index < -0.39 is 0 Å². The van der Waals surface area contributed by atoms with Crippen LogP contribution in [0.5, 0.6) is 0 Å². The molecule has 0 saturated heterocycles. The van der Waals surface area contributed by atoms with Gasteiger partial charge in [-0.15, -0.1) is 0 Å². The van der Waals surface area contributed by atoms with Gasteiger partial charge in [0.25, 0.3) is 0 Å². The molecule has 0 bridgehead atoms. The molecule has 2 aromatic heterocycles. The summed E-state index contributed by atoms with van der Waals surface area (Å²) in [5, 5.41) is 9.69. The largest absolute Gasteiger partial charge is 0.339 e. The highest BCUT2D eigenvalue weighted by molar-refractivity contribution is 7.09. The number of nitrogens with zero attached hydrogens (tertiary/aromatic N) is 3. The van der Waals surface area contributed by atoms with Crippen molar-refractivity contribution in [3.8, 4) is 10.6 Å². The Kier molecular flexibility index (Phi) is 2.29. The fourth-order valence-corrected chi connectivity index (χ4v) is 1.52. The van der Waals surface area contributed by atoms with E-state index in [9.17, 15) is 0 Å². The minimum absolute atomic E-state index is 0.00357. The first-order chi connectivity index (χ1) is 6.40. The zero-order chi connectivity index (χ0) is 9.10. The maximum absolute atomic E-state index is 8.80. The molecule has 0 radical (unpaired) electrons. The molecule has 2 rings (SSSR count). The Morgan fingerprint density at radius 2 is 2.15 bits per heavy atom. The number of aliphatic hydroxyl groups excluding tert-OH is 1. The Hall–Kier alpha value is -1.33. The van der Waals surface area contributed by atoms with Gasteiger partial charge in [0.1, 0.15) is 11.3 Å². The Labute approximate surface area is 79.3 Å². The Morgan fingerprint density at radius 3 is 2.69 bits per heavy atom. The van der Waals surface area contributed by atoms with Gasteiger partial charge in [-0.05, 0) is 11.5 Å². The van der Waals surface area contributed by atoms with Gasteiger partial charge in [-0.1, -0.05) is 0 Å². The summed E-state index contributed by atoms with van der Waals surface area (Å²) in [4.78, 5) is 4.08. The third-order valence-corrected chi connectivity index (χ3v) is 2.38. The third-order valence-electron chi connectivity index (χ3n) is 1.66. The van der Waals surface area contributed by atoms with E-state index in [0.29, 0.717) is 0 Å². The highest BCUT2D eigenvalue weighted by atomic mass is 32.1. The van der Waals surface area contributed by atoms with E-state index in [-0.39, 0.29) is 6.73 Å². The van der Waals surface area contributed by atoms with Crippen LogP contribution in [-0.4, -0.2) is 14.5 Å². The molecule has 2 aromatic rings. The van der Waals surface area contributed by atoms with Crippen molar-refractivity contribution >= 4 is 11.5 Å². The van der Waals surface area contributed by atoms with Gasteiger partial charge in [-0.3, -0.25) is 0 Å². The van der Waals surface area contributed by atoms with Crippen LogP contribution in [0.4, 0.5) is 0 Å². The van der Waals surface area contributed by atoms with Crippen molar-refractivity contribution in [3.63, 3.8) is 0 Å². The van der Waals surface area contributed by atoms with Crippen molar-refractivity contribution in [2.75, 3.05) is 0 Å². The smallest absolute Gasteiger partial charge is 0.250 e. The second-order valence-electron chi connectivity index (χ2n) is 2.49. The maximum atomic E-state index is 8.80. The van der Waals surface area contributed by atoms with Crippen LogP contribution in [0.15, 0.2) is 30.9 Å². The fourth-order valence-electron chi connectivity index (χ4n) is 0.994. The number of rotatable bonds is 2. The summed E-state index contributed by atoms with van der Waals surface area (Å²) < 4.78 is 5.59. The van der Waals surface area contributed by atoms with Gasteiger partial charge in [0.05, 0.1) is 0 Å². The summed E-state index contributed by atoms with van der Waals surface area (Å²) in [6.07, 6.45) is 5.14. The van der Waals surface area contributed by atoms with Crippen LogP contribution in [-0.2, 0) is 6.73 Å². The Bertz CT molecular complexity index is 371. The van der Waals surface area contributed by atoms with Crippen LogP contribution in [0, 0.1) is 0 Å².